The summed E-state index contributed by atoms with van der Waals surface area (Å²) in [6.07, 6.45) is 4.14. The van der Waals surface area contributed by atoms with Gasteiger partial charge in [0.1, 0.15) is 5.00 Å². The Hall–Kier alpha value is -1.40. The largest absolute Gasteiger partial charge is 0.346 e. The smallest absolute Gasteiger partial charge is 0.323 e. The lowest BCUT2D eigenvalue weighted by Gasteiger charge is -2.10. The Balaban J connectivity index is 1.92. The summed E-state index contributed by atoms with van der Waals surface area (Å²) in [4.78, 5) is 18.8. The predicted octanol–water partition coefficient (Wildman–Crippen LogP) is 2.72. The van der Waals surface area contributed by atoms with E-state index < -0.39 is 0 Å². The Kier molecular flexibility index (Phi) is 3.29. The van der Waals surface area contributed by atoms with Crippen molar-refractivity contribution in [1.29, 1.82) is 0 Å². The number of amides is 2. The fourth-order valence-electron chi connectivity index (χ4n) is 1.99. The zero-order chi connectivity index (χ0) is 12.4. The van der Waals surface area contributed by atoms with Gasteiger partial charge in [0.15, 0.2) is 4.80 Å². The van der Waals surface area contributed by atoms with Crippen LogP contribution in [0.15, 0.2) is 34.1 Å². The van der Waals surface area contributed by atoms with Gasteiger partial charge in [-0.1, -0.05) is 0 Å². The number of hydrogen-bond donors (Lipinski definition) is 0. The van der Waals surface area contributed by atoms with Crippen LogP contribution in [0.5, 0.6) is 0 Å². The van der Waals surface area contributed by atoms with Gasteiger partial charge in [-0.3, -0.25) is 4.57 Å². The lowest BCUT2D eigenvalue weighted by molar-refractivity contribution is 0.218. The molecule has 0 saturated carbocycles. The van der Waals surface area contributed by atoms with Crippen LogP contribution in [-0.2, 0) is 0 Å². The van der Waals surface area contributed by atoms with Crippen LogP contribution in [-0.4, -0.2) is 28.6 Å². The molecule has 0 aromatic carbocycles. The number of carbonyl (C=O) groups is 1. The van der Waals surface area contributed by atoms with Crippen molar-refractivity contribution in [2.45, 2.75) is 12.8 Å². The molecule has 2 aromatic rings. The van der Waals surface area contributed by atoms with E-state index >= 15 is 0 Å². The number of nitrogens with zero attached hydrogens (tertiary/aromatic N) is 3. The molecular formula is C12H13N3OS2. The molecule has 2 amide bonds. The minimum atomic E-state index is -0.111. The fraction of sp³-hybridized carbons (Fsp3) is 0.333. The van der Waals surface area contributed by atoms with Crippen molar-refractivity contribution in [2.24, 2.45) is 4.99 Å². The highest BCUT2D eigenvalue weighted by molar-refractivity contribution is 7.12. The van der Waals surface area contributed by atoms with E-state index in [-0.39, 0.29) is 6.03 Å². The maximum absolute atomic E-state index is 12.0. The first-order valence-corrected chi connectivity index (χ1v) is 7.64. The van der Waals surface area contributed by atoms with Crippen molar-refractivity contribution in [3.05, 3.63) is 33.9 Å². The molecule has 4 nitrogen and oxygen atoms in total. The second-order valence-electron chi connectivity index (χ2n) is 4.10. The Labute approximate surface area is 113 Å². The molecule has 0 bridgehead atoms. The molecule has 0 radical (unpaired) electrons. The summed E-state index contributed by atoms with van der Waals surface area (Å²) in [7, 11) is 0. The quantitative estimate of drug-likeness (QED) is 0.791. The summed E-state index contributed by atoms with van der Waals surface area (Å²) in [6.45, 7) is 1.68. The fourth-order valence-corrected chi connectivity index (χ4v) is 3.47. The van der Waals surface area contributed by atoms with E-state index in [0.717, 1.165) is 35.7 Å². The van der Waals surface area contributed by atoms with Crippen LogP contribution in [0.1, 0.15) is 12.8 Å². The third-order valence-electron chi connectivity index (χ3n) is 2.90. The Morgan fingerprint density at radius 3 is 2.78 bits per heavy atom. The topological polar surface area (TPSA) is 37.6 Å². The van der Waals surface area contributed by atoms with E-state index in [2.05, 4.69) is 4.99 Å². The normalized spacial score (nSPS) is 16.4. The van der Waals surface area contributed by atoms with E-state index in [0.29, 0.717) is 0 Å². The molecule has 1 aliphatic rings. The molecule has 18 heavy (non-hydrogen) atoms. The molecule has 94 valence electrons. The highest BCUT2D eigenvalue weighted by atomic mass is 32.1. The van der Waals surface area contributed by atoms with Crippen LogP contribution < -0.4 is 4.80 Å². The number of thiazole rings is 1. The van der Waals surface area contributed by atoms with Crippen molar-refractivity contribution < 1.29 is 4.79 Å². The Morgan fingerprint density at radius 1 is 1.22 bits per heavy atom. The number of carbonyl (C=O) groups excluding carboxylic acids is 1. The molecule has 1 aliphatic heterocycles. The van der Waals surface area contributed by atoms with Crippen molar-refractivity contribution in [2.75, 3.05) is 13.1 Å². The van der Waals surface area contributed by atoms with Crippen LogP contribution >= 0.6 is 22.7 Å². The second kappa shape index (κ2) is 5.07. The molecule has 0 atom stereocenters. The average Bonchev–Trinajstić information content (AvgIpc) is 3.11. The van der Waals surface area contributed by atoms with Gasteiger partial charge in [0, 0.05) is 24.7 Å². The summed E-state index contributed by atoms with van der Waals surface area (Å²) < 4.78 is 1.96. The molecule has 1 fully saturated rings. The molecule has 6 heteroatoms. The number of likely N-dealkylation sites (tertiary alicyclic amines) is 1. The van der Waals surface area contributed by atoms with Gasteiger partial charge in [-0.05, 0) is 30.4 Å². The summed E-state index contributed by atoms with van der Waals surface area (Å²) in [5, 5.41) is 5.06. The van der Waals surface area contributed by atoms with Crippen LogP contribution in [0, 0.1) is 0 Å². The van der Waals surface area contributed by atoms with Gasteiger partial charge in [0.05, 0.1) is 0 Å². The van der Waals surface area contributed by atoms with E-state index in [4.69, 9.17) is 0 Å². The van der Waals surface area contributed by atoms with Gasteiger partial charge in [0.25, 0.3) is 0 Å². The maximum Gasteiger partial charge on any atom is 0.346 e. The average molecular weight is 279 g/mol. The van der Waals surface area contributed by atoms with Crippen molar-refractivity contribution >= 4 is 28.7 Å². The molecule has 3 rings (SSSR count). The first-order chi connectivity index (χ1) is 8.84. The number of aromatic nitrogens is 1. The highest BCUT2D eigenvalue weighted by Crippen LogP contribution is 2.14. The zero-order valence-electron chi connectivity index (χ0n) is 9.78. The molecule has 1 saturated heterocycles. The Bertz CT molecular complexity index is 591. The number of hydrogen-bond acceptors (Lipinski definition) is 3. The highest BCUT2D eigenvalue weighted by Gasteiger charge is 2.17. The molecule has 0 N–H and O–H groups in total. The van der Waals surface area contributed by atoms with Crippen LogP contribution in [0.2, 0.25) is 0 Å². The SMILES string of the molecule is O=C(/N=c1\sccn1-c1cccs1)N1CCCC1. The third kappa shape index (κ3) is 2.26. The minimum Gasteiger partial charge on any atom is -0.323 e. The van der Waals surface area contributed by atoms with E-state index in [1.54, 1.807) is 11.3 Å². The summed E-state index contributed by atoms with van der Waals surface area (Å²) >= 11 is 3.13. The van der Waals surface area contributed by atoms with Gasteiger partial charge in [-0.25, -0.2) is 4.79 Å². The van der Waals surface area contributed by atoms with Crippen molar-refractivity contribution in [1.82, 2.24) is 9.47 Å². The number of rotatable bonds is 1. The van der Waals surface area contributed by atoms with Gasteiger partial charge in [-0.2, -0.15) is 4.99 Å². The molecule has 0 unspecified atom stereocenters. The zero-order valence-corrected chi connectivity index (χ0v) is 11.4. The van der Waals surface area contributed by atoms with Crippen LogP contribution in [0.25, 0.3) is 5.00 Å². The minimum absolute atomic E-state index is 0.111. The van der Waals surface area contributed by atoms with Crippen LogP contribution in [0.3, 0.4) is 0 Å². The van der Waals surface area contributed by atoms with E-state index in [9.17, 15) is 4.79 Å². The molecule has 3 heterocycles. The van der Waals surface area contributed by atoms with Gasteiger partial charge in [-0.15, -0.1) is 22.7 Å². The molecule has 0 spiro atoms. The summed E-state index contributed by atoms with van der Waals surface area (Å²) in [5.74, 6) is 0. The summed E-state index contributed by atoms with van der Waals surface area (Å²) in [5.41, 5.74) is 0. The number of thiophene rings is 1. The first kappa shape index (κ1) is 11.7. The first-order valence-electron chi connectivity index (χ1n) is 5.88. The summed E-state index contributed by atoms with van der Waals surface area (Å²) in [6, 6.07) is 3.91. The second-order valence-corrected chi connectivity index (χ2v) is 5.89. The van der Waals surface area contributed by atoms with Crippen molar-refractivity contribution in [3.63, 3.8) is 0 Å². The van der Waals surface area contributed by atoms with Crippen molar-refractivity contribution in [3.8, 4) is 5.00 Å². The van der Waals surface area contributed by atoms with E-state index in [1.807, 2.05) is 38.6 Å². The third-order valence-corrected chi connectivity index (χ3v) is 4.53. The predicted molar refractivity (Wildman–Crippen MR) is 73.3 cm³/mol. The van der Waals surface area contributed by atoms with Gasteiger partial charge in [0.2, 0.25) is 0 Å². The lowest BCUT2D eigenvalue weighted by atomic mass is 10.4. The Morgan fingerprint density at radius 2 is 2.06 bits per heavy atom. The van der Waals surface area contributed by atoms with Gasteiger partial charge < -0.3 is 4.90 Å². The lowest BCUT2D eigenvalue weighted by Crippen LogP contribution is -2.27. The van der Waals surface area contributed by atoms with Gasteiger partial charge >= 0.3 is 6.03 Å². The molecular weight excluding hydrogens is 266 g/mol. The standard InChI is InChI=1S/C12H13N3OS2/c16-11(14-5-1-2-6-14)13-12-15(7-9-18-12)10-4-3-8-17-10/h3-4,7-9H,1-2,5-6H2/b13-12-. The maximum atomic E-state index is 12.0. The van der Waals surface area contributed by atoms with E-state index in [1.165, 1.54) is 11.3 Å². The molecule has 0 aliphatic carbocycles. The van der Waals surface area contributed by atoms with Crippen LogP contribution in [0.4, 0.5) is 4.79 Å². The monoisotopic (exact) mass is 279 g/mol. The molecule has 2 aromatic heterocycles. The number of urea groups is 1.